The fourth-order valence-corrected chi connectivity index (χ4v) is 3.81. The molecule has 1 saturated heterocycles. The second kappa shape index (κ2) is 11.3. The molecule has 1 heterocycles. The predicted octanol–water partition coefficient (Wildman–Crippen LogP) is 4.29. The molecule has 6 heteroatoms. The number of ketones is 1. The highest BCUT2D eigenvalue weighted by Crippen LogP contribution is 2.18. The van der Waals surface area contributed by atoms with Gasteiger partial charge < -0.3 is 4.90 Å². The van der Waals surface area contributed by atoms with Crippen LogP contribution in [0.1, 0.15) is 28.4 Å². The van der Waals surface area contributed by atoms with Gasteiger partial charge in [0.2, 0.25) is 0 Å². The Morgan fingerprint density at radius 2 is 1.97 bits per heavy atom. The first-order valence-electron chi connectivity index (χ1n) is 10.7. The van der Waals surface area contributed by atoms with Crippen LogP contribution in [0.2, 0.25) is 5.02 Å². The van der Waals surface area contributed by atoms with Crippen LogP contribution in [0.15, 0.2) is 54.7 Å². The summed E-state index contributed by atoms with van der Waals surface area (Å²) in [5.74, 6) is 5.84. The van der Waals surface area contributed by atoms with Crippen molar-refractivity contribution in [1.29, 1.82) is 0 Å². The summed E-state index contributed by atoms with van der Waals surface area (Å²) in [7, 11) is 3.89. The molecule has 2 aromatic carbocycles. The molecule has 0 spiro atoms. The van der Waals surface area contributed by atoms with E-state index in [1.807, 2.05) is 37.3 Å². The maximum Gasteiger partial charge on any atom is 0.188 e. The molecule has 1 aliphatic rings. The average Bonchev–Trinajstić information content (AvgIpc) is 2.74. The lowest BCUT2D eigenvalue weighted by Gasteiger charge is -2.39. The van der Waals surface area contributed by atoms with E-state index >= 15 is 0 Å². The highest BCUT2D eigenvalue weighted by atomic mass is 35.5. The number of hydrogen-bond donors (Lipinski definition) is 0. The Kier molecular flexibility index (Phi) is 8.46. The minimum Gasteiger partial charge on any atom is -0.372 e. The Bertz CT molecular complexity index is 1020. The van der Waals surface area contributed by atoms with Crippen molar-refractivity contribution in [3.8, 4) is 11.8 Å². The number of carbonyl (C=O) groups is 1. The van der Waals surface area contributed by atoms with Gasteiger partial charge in [0, 0.05) is 60.6 Å². The van der Waals surface area contributed by atoms with E-state index in [-0.39, 0.29) is 17.6 Å². The van der Waals surface area contributed by atoms with E-state index in [9.17, 15) is 9.18 Å². The first kappa shape index (κ1) is 24.0. The Hall–Kier alpha value is -2.65. The summed E-state index contributed by atoms with van der Waals surface area (Å²) in [6, 6.07) is 12.1. The highest BCUT2D eigenvalue weighted by molar-refractivity contribution is 6.30. The van der Waals surface area contributed by atoms with Crippen LogP contribution < -0.4 is 0 Å². The summed E-state index contributed by atoms with van der Waals surface area (Å²) in [5, 5.41) is 0.561. The molecule has 1 fully saturated rings. The molecule has 1 aliphatic heterocycles. The van der Waals surface area contributed by atoms with Crippen molar-refractivity contribution in [2.24, 2.45) is 0 Å². The molecule has 0 bridgehead atoms. The number of hydrogen-bond acceptors (Lipinski definition) is 4. The van der Waals surface area contributed by atoms with Gasteiger partial charge in [-0.3, -0.25) is 14.6 Å². The summed E-state index contributed by atoms with van der Waals surface area (Å²) in [6.45, 7) is 6.12. The third-order valence-corrected chi connectivity index (χ3v) is 5.60. The smallest absolute Gasteiger partial charge is 0.188 e. The van der Waals surface area contributed by atoms with Crippen LogP contribution >= 0.6 is 11.6 Å². The van der Waals surface area contributed by atoms with Gasteiger partial charge in [0.1, 0.15) is 5.82 Å². The number of halogens is 2. The molecule has 168 valence electrons. The monoisotopic (exact) mass is 453 g/mol. The molecule has 4 nitrogen and oxygen atoms in total. The number of nitrogens with zero attached hydrogens (tertiary/aromatic N) is 3. The van der Waals surface area contributed by atoms with Crippen LogP contribution in [0.5, 0.6) is 0 Å². The third-order valence-electron chi connectivity index (χ3n) is 5.37. The molecule has 1 unspecified atom stereocenters. The zero-order chi connectivity index (χ0) is 23.1. The molecular weight excluding hydrogens is 425 g/mol. The molecule has 32 heavy (non-hydrogen) atoms. The van der Waals surface area contributed by atoms with Crippen LogP contribution in [0, 0.1) is 17.7 Å². The molecule has 0 saturated carbocycles. The minimum absolute atomic E-state index is 0.0863. The highest BCUT2D eigenvalue weighted by Gasteiger charge is 2.21. The van der Waals surface area contributed by atoms with Crippen LogP contribution in [0.3, 0.4) is 0 Å². The lowest BCUT2D eigenvalue weighted by Crippen LogP contribution is -2.49. The lowest BCUT2D eigenvalue weighted by molar-refractivity contribution is 0.103. The molecule has 0 N–H and O–H groups in total. The fourth-order valence-electron chi connectivity index (χ4n) is 3.64. The maximum atomic E-state index is 13.1. The Labute approximate surface area is 195 Å². The fraction of sp³-hybridized carbons (Fsp3) is 0.346. The van der Waals surface area contributed by atoms with Gasteiger partial charge in [-0.05, 0) is 56.9 Å². The van der Waals surface area contributed by atoms with Gasteiger partial charge in [0.15, 0.2) is 5.78 Å². The number of carbonyl (C=O) groups excluding carboxylic acids is 1. The van der Waals surface area contributed by atoms with E-state index in [1.54, 1.807) is 24.3 Å². The van der Waals surface area contributed by atoms with Crippen LogP contribution in [-0.4, -0.2) is 66.8 Å². The van der Waals surface area contributed by atoms with Crippen LogP contribution in [0.25, 0.3) is 0 Å². The molecule has 0 radical (unpaired) electrons. The SMILES string of the molecule is CC1CN(Cc2ccc(F)cc2)CCN1/C=C/C(=O)c1ccc(Cl)cc1C#CCN(C)C. The topological polar surface area (TPSA) is 26.8 Å². The number of benzene rings is 2. The Balaban J connectivity index is 1.62. The van der Waals surface area contributed by atoms with E-state index in [4.69, 9.17) is 11.6 Å². The molecule has 2 aromatic rings. The molecule has 0 aromatic heterocycles. The summed E-state index contributed by atoms with van der Waals surface area (Å²) in [5.41, 5.74) is 2.30. The zero-order valence-electron chi connectivity index (χ0n) is 18.8. The quantitative estimate of drug-likeness (QED) is 0.370. The van der Waals surface area contributed by atoms with Crippen LogP contribution in [-0.2, 0) is 6.54 Å². The van der Waals surface area contributed by atoms with Crippen molar-refractivity contribution in [3.63, 3.8) is 0 Å². The van der Waals surface area contributed by atoms with Gasteiger partial charge in [-0.1, -0.05) is 35.6 Å². The number of allylic oxidation sites excluding steroid dienone is 1. The molecule has 1 atom stereocenters. The van der Waals surface area contributed by atoms with E-state index in [1.165, 1.54) is 12.1 Å². The van der Waals surface area contributed by atoms with Gasteiger partial charge in [0.05, 0.1) is 6.54 Å². The van der Waals surface area contributed by atoms with Crippen LogP contribution in [0.4, 0.5) is 4.39 Å². The third kappa shape index (κ3) is 6.93. The molecule has 0 aliphatic carbocycles. The van der Waals surface area contributed by atoms with Gasteiger partial charge in [-0.2, -0.15) is 0 Å². The number of piperazine rings is 1. The standard InChI is InChI=1S/C26H29ClFN3O/c1-20-18-30(19-21-6-9-24(28)10-7-21)15-16-31(20)14-12-26(32)25-11-8-23(27)17-22(25)5-4-13-29(2)3/h6-12,14,17,20H,13,15-16,18-19H2,1-3H3/b14-12+. The first-order chi connectivity index (χ1) is 15.3. The van der Waals surface area contributed by atoms with E-state index < -0.39 is 0 Å². The van der Waals surface area contributed by atoms with Gasteiger partial charge in [-0.25, -0.2) is 4.39 Å². The van der Waals surface area contributed by atoms with Gasteiger partial charge in [0.25, 0.3) is 0 Å². The van der Waals surface area contributed by atoms with Crippen molar-refractivity contribution in [1.82, 2.24) is 14.7 Å². The zero-order valence-corrected chi connectivity index (χ0v) is 19.6. The predicted molar refractivity (Wildman–Crippen MR) is 128 cm³/mol. The van der Waals surface area contributed by atoms with Crippen molar-refractivity contribution < 1.29 is 9.18 Å². The summed E-state index contributed by atoms with van der Waals surface area (Å²) in [4.78, 5) is 19.4. The van der Waals surface area contributed by atoms with E-state index in [2.05, 4.69) is 28.6 Å². The lowest BCUT2D eigenvalue weighted by atomic mass is 10.0. The van der Waals surface area contributed by atoms with Crippen molar-refractivity contribution in [2.75, 3.05) is 40.3 Å². The van der Waals surface area contributed by atoms with Crippen molar-refractivity contribution >= 4 is 17.4 Å². The molecule has 0 amide bonds. The van der Waals surface area contributed by atoms with Crippen molar-refractivity contribution in [3.05, 3.63) is 82.3 Å². The average molecular weight is 454 g/mol. The van der Waals surface area contributed by atoms with Gasteiger partial charge >= 0.3 is 0 Å². The second-order valence-electron chi connectivity index (χ2n) is 8.36. The van der Waals surface area contributed by atoms with E-state index in [0.29, 0.717) is 22.7 Å². The number of rotatable bonds is 6. The van der Waals surface area contributed by atoms with Gasteiger partial charge in [-0.15, -0.1) is 0 Å². The second-order valence-corrected chi connectivity index (χ2v) is 8.79. The first-order valence-corrected chi connectivity index (χ1v) is 11.1. The summed E-state index contributed by atoms with van der Waals surface area (Å²) < 4.78 is 13.1. The Morgan fingerprint density at radius 3 is 2.66 bits per heavy atom. The van der Waals surface area contributed by atoms with E-state index in [0.717, 1.165) is 31.7 Å². The molecule has 3 rings (SSSR count). The van der Waals surface area contributed by atoms with Crippen molar-refractivity contribution in [2.45, 2.75) is 19.5 Å². The maximum absolute atomic E-state index is 13.1. The Morgan fingerprint density at radius 1 is 1.22 bits per heavy atom. The normalized spacial score (nSPS) is 16.9. The summed E-state index contributed by atoms with van der Waals surface area (Å²) >= 11 is 6.12. The minimum atomic E-state index is -0.214. The molecular formula is C26H29ClFN3O. The largest absolute Gasteiger partial charge is 0.372 e. The summed E-state index contributed by atoms with van der Waals surface area (Å²) in [6.07, 6.45) is 3.50.